The Kier molecular flexibility index (Phi) is 2.62. The molecule has 80 valence electrons. The second-order valence-electron chi connectivity index (χ2n) is 3.83. The molecule has 1 aromatic carbocycles. The molecule has 1 heterocycles. The number of likely N-dealkylation sites (tertiary alicyclic amines) is 1. The predicted octanol–water partition coefficient (Wildman–Crippen LogP) is 1.99. The van der Waals surface area contributed by atoms with Gasteiger partial charge < -0.3 is 9.64 Å². The van der Waals surface area contributed by atoms with E-state index in [0.29, 0.717) is 6.42 Å². The van der Waals surface area contributed by atoms with Crippen molar-refractivity contribution < 1.29 is 9.53 Å². The normalized spacial score (nSPS) is 20.8. The summed E-state index contributed by atoms with van der Waals surface area (Å²) >= 11 is 0. The average molecular weight is 205 g/mol. The van der Waals surface area contributed by atoms with Crippen LogP contribution in [0.5, 0.6) is 5.75 Å². The van der Waals surface area contributed by atoms with E-state index in [1.54, 1.807) is 7.11 Å². The second kappa shape index (κ2) is 3.93. The summed E-state index contributed by atoms with van der Waals surface area (Å²) in [5, 5.41) is 0. The molecule has 1 amide bonds. The summed E-state index contributed by atoms with van der Waals surface area (Å²) in [6.45, 7) is 0. The first-order chi connectivity index (χ1) is 7.22. The van der Waals surface area contributed by atoms with E-state index < -0.39 is 0 Å². The fourth-order valence-electron chi connectivity index (χ4n) is 2.02. The van der Waals surface area contributed by atoms with Crippen molar-refractivity contribution >= 4 is 5.91 Å². The monoisotopic (exact) mass is 205 g/mol. The third kappa shape index (κ3) is 1.82. The van der Waals surface area contributed by atoms with Gasteiger partial charge in [0.05, 0.1) is 13.2 Å². The van der Waals surface area contributed by atoms with Crippen molar-refractivity contribution in [3.05, 3.63) is 29.8 Å². The van der Waals surface area contributed by atoms with Crippen molar-refractivity contribution in [3.8, 4) is 5.75 Å². The van der Waals surface area contributed by atoms with E-state index in [1.807, 2.05) is 36.2 Å². The summed E-state index contributed by atoms with van der Waals surface area (Å²) in [6.07, 6.45) is 1.58. The number of nitrogens with zero attached hydrogens (tertiary/aromatic N) is 1. The maximum absolute atomic E-state index is 11.4. The van der Waals surface area contributed by atoms with Gasteiger partial charge >= 0.3 is 0 Å². The molecule has 15 heavy (non-hydrogen) atoms. The highest BCUT2D eigenvalue weighted by Gasteiger charge is 2.28. The maximum atomic E-state index is 11.4. The highest BCUT2D eigenvalue weighted by molar-refractivity contribution is 5.78. The molecule has 0 N–H and O–H groups in total. The van der Waals surface area contributed by atoms with Gasteiger partial charge in [0.1, 0.15) is 5.75 Å². The molecule has 1 saturated heterocycles. The Bertz CT molecular complexity index is 358. The van der Waals surface area contributed by atoms with Crippen molar-refractivity contribution in [3.63, 3.8) is 0 Å². The van der Waals surface area contributed by atoms with E-state index in [9.17, 15) is 4.79 Å². The van der Waals surface area contributed by atoms with Crippen LogP contribution in [0.2, 0.25) is 0 Å². The van der Waals surface area contributed by atoms with Crippen LogP contribution in [0.25, 0.3) is 0 Å². The van der Waals surface area contributed by atoms with Crippen LogP contribution in [0.3, 0.4) is 0 Å². The Labute approximate surface area is 89.7 Å². The van der Waals surface area contributed by atoms with Gasteiger partial charge in [0.15, 0.2) is 0 Å². The number of rotatable bonds is 2. The van der Waals surface area contributed by atoms with Crippen LogP contribution in [0.1, 0.15) is 24.4 Å². The molecule has 1 atom stereocenters. The predicted molar refractivity (Wildman–Crippen MR) is 57.7 cm³/mol. The zero-order valence-corrected chi connectivity index (χ0v) is 9.06. The van der Waals surface area contributed by atoms with Crippen LogP contribution in [-0.4, -0.2) is 25.0 Å². The van der Waals surface area contributed by atoms with Crippen LogP contribution in [0, 0.1) is 0 Å². The molecule has 0 spiro atoms. The van der Waals surface area contributed by atoms with Gasteiger partial charge in [0, 0.05) is 13.5 Å². The fraction of sp³-hybridized carbons (Fsp3) is 0.417. The molecule has 0 saturated carbocycles. The quantitative estimate of drug-likeness (QED) is 0.739. The first kappa shape index (κ1) is 10.0. The minimum absolute atomic E-state index is 0.232. The van der Waals surface area contributed by atoms with Crippen molar-refractivity contribution in [2.45, 2.75) is 18.9 Å². The lowest BCUT2D eigenvalue weighted by molar-refractivity contribution is -0.127. The summed E-state index contributed by atoms with van der Waals surface area (Å²) in [5.74, 6) is 1.08. The lowest BCUT2D eigenvalue weighted by atomic mass is 10.0. The summed E-state index contributed by atoms with van der Waals surface area (Å²) < 4.78 is 5.10. The number of carbonyl (C=O) groups excluding carboxylic acids is 1. The first-order valence-corrected chi connectivity index (χ1v) is 5.12. The van der Waals surface area contributed by atoms with Crippen molar-refractivity contribution in [2.24, 2.45) is 0 Å². The molecule has 1 aliphatic heterocycles. The molecule has 3 heteroatoms. The summed E-state index contributed by atoms with van der Waals surface area (Å²) in [7, 11) is 3.52. The molecule has 3 nitrogen and oxygen atoms in total. The van der Waals surface area contributed by atoms with Gasteiger partial charge in [-0.1, -0.05) is 12.1 Å². The van der Waals surface area contributed by atoms with Crippen LogP contribution < -0.4 is 4.74 Å². The number of ether oxygens (including phenoxy) is 1. The number of carbonyl (C=O) groups is 1. The lowest BCUT2D eigenvalue weighted by Gasteiger charge is -2.20. The van der Waals surface area contributed by atoms with E-state index >= 15 is 0 Å². The molecular weight excluding hydrogens is 190 g/mol. The Morgan fingerprint density at radius 1 is 1.33 bits per heavy atom. The number of benzene rings is 1. The lowest BCUT2D eigenvalue weighted by Crippen LogP contribution is -2.22. The molecule has 0 radical (unpaired) electrons. The van der Waals surface area contributed by atoms with Crippen molar-refractivity contribution in [1.82, 2.24) is 4.90 Å². The zero-order valence-electron chi connectivity index (χ0n) is 9.06. The van der Waals surface area contributed by atoms with Crippen LogP contribution >= 0.6 is 0 Å². The number of hydrogen-bond donors (Lipinski definition) is 0. The molecule has 0 aliphatic carbocycles. The van der Waals surface area contributed by atoms with Gasteiger partial charge in [0.25, 0.3) is 0 Å². The molecule has 1 aromatic rings. The minimum Gasteiger partial charge on any atom is -0.497 e. The summed E-state index contributed by atoms with van der Waals surface area (Å²) in [4.78, 5) is 13.2. The Morgan fingerprint density at radius 3 is 2.47 bits per heavy atom. The van der Waals surface area contributed by atoms with E-state index in [0.717, 1.165) is 12.2 Å². The Morgan fingerprint density at radius 2 is 2.00 bits per heavy atom. The second-order valence-corrected chi connectivity index (χ2v) is 3.83. The van der Waals surface area contributed by atoms with Crippen LogP contribution in [0.15, 0.2) is 24.3 Å². The molecule has 0 bridgehead atoms. The fourth-order valence-corrected chi connectivity index (χ4v) is 2.02. The van der Waals surface area contributed by atoms with Gasteiger partial charge in [-0.05, 0) is 24.1 Å². The van der Waals surface area contributed by atoms with Gasteiger partial charge in [-0.3, -0.25) is 4.79 Å². The number of methoxy groups -OCH3 is 1. The largest absolute Gasteiger partial charge is 0.497 e. The molecule has 0 unspecified atom stereocenters. The first-order valence-electron chi connectivity index (χ1n) is 5.12. The number of hydrogen-bond acceptors (Lipinski definition) is 2. The molecule has 1 aliphatic rings. The highest BCUT2D eigenvalue weighted by Crippen LogP contribution is 2.31. The minimum atomic E-state index is 0.232. The average Bonchev–Trinajstić information content (AvgIpc) is 2.60. The molecule has 1 fully saturated rings. The van der Waals surface area contributed by atoms with E-state index in [4.69, 9.17) is 4.74 Å². The van der Waals surface area contributed by atoms with Gasteiger partial charge in [-0.2, -0.15) is 0 Å². The van der Waals surface area contributed by atoms with Gasteiger partial charge in [-0.25, -0.2) is 0 Å². The maximum Gasteiger partial charge on any atom is 0.222 e. The summed E-state index contributed by atoms with van der Waals surface area (Å²) in [6, 6.07) is 8.16. The number of amides is 1. The van der Waals surface area contributed by atoms with Crippen molar-refractivity contribution in [2.75, 3.05) is 14.2 Å². The van der Waals surface area contributed by atoms with E-state index in [1.165, 1.54) is 5.56 Å². The Hall–Kier alpha value is -1.51. The molecule has 2 rings (SSSR count). The molecular formula is C12H15NO2. The van der Waals surface area contributed by atoms with Crippen LogP contribution in [-0.2, 0) is 4.79 Å². The zero-order chi connectivity index (χ0) is 10.8. The smallest absolute Gasteiger partial charge is 0.222 e. The summed E-state index contributed by atoms with van der Waals surface area (Å²) in [5.41, 5.74) is 1.18. The highest BCUT2D eigenvalue weighted by atomic mass is 16.5. The van der Waals surface area contributed by atoms with Gasteiger partial charge in [0.2, 0.25) is 5.91 Å². The molecule has 0 aromatic heterocycles. The SMILES string of the molecule is COc1ccc([C@H]2CCC(=O)N2C)cc1. The standard InChI is InChI=1S/C12H15NO2/c1-13-11(7-8-12(13)14)9-3-5-10(15-2)6-4-9/h3-6,11H,7-8H2,1-2H3/t11-/m1/s1. The van der Waals surface area contributed by atoms with E-state index in [2.05, 4.69) is 0 Å². The van der Waals surface area contributed by atoms with Crippen LogP contribution in [0.4, 0.5) is 0 Å². The Balaban J connectivity index is 2.19. The topological polar surface area (TPSA) is 29.5 Å². The third-order valence-corrected chi connectivity index (χ3v) is 2.99. The van der Waals surface area contributed by atoms with Gasteiger partial charge in [-0.15, -0.1) is 0 Å². The van der Waals surface area contributed by atoms with E-state index in [-0.39, 0.29) is 11.9 Å². The van der Waals surface area contributed by atoms with Crippen molar-refractivity contribution in [1.29, 1.82) is 0 Å². The third-order valence-electron chi connectivity index (χ3n) is 2.99.